The average Bonchev–Trinajstić information content (AvgIpc) is 2.83. The number of halogens is 3. The smallest absolute Gasteiger partial charge is 0.228 e. The van der Waals surface area contributed by atoms with Gasteiger partial charge in [-0.15, -0.1) is 0 Å². The molecule has 1 N–H and O–H groups in total. The van der Waals surface area contributed by atoms with Crippen LogP contribution in [0, 0.1) is 17.3 Å². The Labute approximate surface area is 127 Å². The minimum absolute atomic E-state index is 0.0249. The van der Waals surface area contributed by atoms with E-state index >= 15 is 0 Å². The first kappa shape index (κ1) is 14.7. The largest absolute Gasteiger partial charge is 0.326 e. The predicted molar refractivity (Wildman–Crippen MR) is 80.6 cm³/mol. The summed E-state index contributed by atoms with van der Waals surface area (Å²) in [4.78, 5) is 12.2. The third kappa shape index (κ3) is 3.25. The van der Waals surface area contributed by atoms with Crippen molar-refractivity contribution in [3.8, 4) is 0 Å². The van der Waals surface area contributed by atoms with Gasteiger partial charge in [-0.25, -0.2) is 0 Å². The van der Waals surface area contributed by atoms with E-state index in [0.717, 1.165) is 5.69 Å². The normalized spacial score (nSPS) is 23.6. The summed E-state index contributed by atoms with van der Waals surface area (Å²) in [5.74, 6) is -0.0661. The molecule has 2 atom stereocenters. The first-order chi connectivity index (χ1) is 8.82. The Morgan fingerprint density at radius 1 is 1.26 bits per heavy atom. The number of carbonyl (C=O) groups is 1. The highest BCUT2D eigenvalue weighted by Gasteiger charge is 2.60. The van der Waals surface area contributed by atoms with Gasteiger partial charge < -0.3 is 5.32 Å². The third-order valence-corrected chi connectivity index (χ3v) is 4.11. The molecular weight excluding hydrogens is 305 g/mol. The zero-order valence-electron chi connectivity index (χ0n) is 10.6. The minimum Gasteiger partial charge on any atom is -0.326 e. The van der Waals surface area contributed by atoms with E-state index in [4.69, 9.17) is 34.8 Å². The zero-order valence-corrected chi connectivity index (χ0v) is 12.9. The molecule has 0 aromatic heterocycles. The van der Waals surface area contributed by atoms with E-state index in [1.807, 2.05) is 13.8 Å². The number of hydrogen-bond donors (Lipinski definition) is 1. The Balaban J connectivity index is 2.05. The summed E-state index contributed by atoms with van der Waals surface area (Å²) in [6.07, 6.45) is 1.73. The lowest BCUT2D eigenvalue weighted by molar-refractivity contribution is -0.118. The van der Waals surface area contributed by atoms with Gasteiger partial charge in [-0.05, 0) is 41.7 Å². The SMILES string of the molecule is CC1(C)[C@H](C=C(Cl)Cl)[C@@H]1C(=O)Nc1ccc(Cl)cc1. The van der Waals surface area contributed by atoms with E-state index in [1.165, 1.54) is 0 Å². The van der Waals surface area contributed by atoms with Crippen LogP contribution in [0.15, 0.2) is 34.8 Å². The highest BCUT2D eigenvalue weighted by molar-refractivity contribution is 6.55. The monoisotopic (exact) mass is 317 g/mol. The maximum Gasteiger partial charge on any atom is 0.228 e. The molecule has 0 unspecified atom stereocenters. The van der Waals surface area contributed by atoms with E-state index in [0.29, 0.717) is 5.02 Å². The Kier molecular flexibility index (Phi) is 4.14. The molecule has 1 amide bonds. The molecular formula is C14H14Cl3NO. The highest BCUT2D eigenvalue weighted by Crippen LogP contribution is 2.59. The topological polar surface area (TPSA) is 29.1 Å². The van der Waals surface area contributed by atoms with Crippen molar-refractivity contribution in [2.24, 2.45) is 17.3 Å². The number of anilines is 1. The second kappa shape index (κ2) is 5.35. The van der Waals surface area contributed by atoms with Gasteiger partial charge in [0.1, 0.15) is 4.49 Å². The molecule has 0 saturated heterocycles. The number of allylic oxidation sites excluding steroid dienone is 1. The van der Waals surface area contributed by atoms with Crippen molar-refractivity contribution in [3.05, 3.63) is 39.9 Å². The van der Waals surface area contributed by atoms with E-state index < -0.39 is 0 Å². The van der Waals surface area contributed by atoms with Gasteiger partial charge in [0, 0.05) is 10.7 Å². The lowest BCUT2D eigenvalue weighted by Crippen LogP contribution is -2.16. The molecule has 0 aliphatic heterocycles. The maximum absolute atomic E-state index is 12.2. The fraction of sp³-hybridized carbons (Fsp3) is 0.357. The summed E-state index contributed by atoms with van der Waals surface area (Å²) in [7, 11) is 0. The lowest BCUT2D eigenvalue weighted by Gasteiger charge is -2.06. The van der Waals surface area contributed by atoms with Gasteiger partial charge in [-0.3, -0.25) is 4.79 Å². The highest BCUT2D eigenvalue weighted by atomic mass is 35.5. The van der Waals surface area contributed by atoms with Crippen molar-refractivity contribution in [2.75, 3.05) is 5.32 Å². The summed E-state index contributed by atoms with van der Waals surface area (Å²) in [5.41, 5.74) is 0.614. The van der Waals surface area contributed by atoms with Crippen LogP contribution in [0.3, 0.4) is 0 Å². The number of nitrogens with one attached hydrogen (secondary N) is 1. The van der Waals surface area contributed by atoms with Crippen LogP contribution in [0.25, 0.3) is 0 Å². The quantitative estimate of drug-likeness (QED) is 0.846. The van der Waals surface area contributed by atoms with Gasteiger partial charge in [0.15, 0.2) is 0 Å². The fourth-order valence-corrected chi connectivity index (χ4v) is 2.78. The van der Waals surface area contributed by atoms with Crippen LogP contribution >= 0.6 is 34.8 Å². The molecule has 1 fully saturated rings. The standard InChI is InChI=1S/C14H14Cl3NO/c1-14(2)10(7-11(16)17)12(14)13(19)18-9-5-3-8(15)4-6-9/h3-7,10,12H,1-2H3,(H,18,19)/t10-,12-/m1/s1. The maximum atomic E-state index is 12.2. The van der Waals surface area contributed by atoms with Gasteiger partial charge >= 0.3 is 0 Å². The van der Waals surface area contributed by atoms with Crippen LogP contribution < -0.4 is 5.32 Å². The molecule has 102 valence electrons. The van der Waals surface area contributed by atoms with Gasteiger partial charge in [-0.2, -0.15) is 0 Å². The summed E-state index contributed by atoms with van der Waals surface area (Å²) in [6, 6.07) is 7.02. The van der Waals surface area contributed by atoms with E-state index in [9.17, 15) is 4.79 Å². The average molecular weight is 319 g/mol. The first-order valence-corrected chi connectivity index (χ1v) is 7.05. The number of hydrogen-bond acceptors (Lipinski definition) is 1. The summed E-state index contributed by atoms with van der Waals surface area (Å²) >= 11 is 17.1. The summed E-state index contributed by atoms with van der Waals surface area (Å²) in [5, 5.41) is 3.52. The molecule has 19 heavy (non-hydrogen) atoms. The minimum atomic E-state index is -0.120. The van der Waals surface area contributed by atoms with E-state index in [1.54, 1.807) is 30.3 Å². The van der Waals surface area contributed by atoms with Crippen LogP contribution in [0.1, 0.15) is 13.8 Å². The molecule has 1 saturated carbocycles. The van der Waals surface area contributed by atoms with Crippen LogP contribution in [-0.2, 0) is 4.79 Å². The lowest BCUT2D eigenvalue weighted by atomic mass is 10.1. The van der Waals surface area contributed by atoms with Gasteiger partial charge in [-0.1, -0.05) is 48.7 Å². The molecule has 1 aromatic carbocycles. The Hall–Kier alpha value is -0.700. The zero-order chi connectivity index (χ0) is 14.2. The number of carbonyl (C=O) groups excluding carboxylic acids is 1. The molecule has 2 rings (SSSR count). The van der Waals surface area contributed by atoms with Gasteiger partial charge in [0.2, 0.25) is 5.91 Å². The van der Waals surface area contributed by atoms with E-state index in [2.05, 4.69) is 5.32 Å². The van der Waals surface area contributed by atoms with Crippen molar-refractivity contribution in [1.82, 2.24) is 0 Å². The van der Waals surface area contributed by atoms with Crippen molar-refractivity contribution in [1.29, 1.82) is 0 Å². The summed E-state index contributed by atoms with van der Waals surface area (Å²) < 4.78 is 0.208. The van der Waals surface area contributed by atoms with Crippen LogP contribution in [0.4, 0.5) is 5.69 Å². The molecule has 1 aliphatic rings. The number of benzene rings is 1. The van der Waals surface area contributed by atoms with Gasteiger partial charge in [0.25, 0.3) is 0 Å². The van der Waals surface area contributed by atoms with Crippen molar-refractivity contribution >= 4 is 46.4 Å². The fourth-order valence-electron chi connectivity index (χ4n) is 2.38. The molecule has 0 radical (unpaired) electrons. The molecule has 1 aromatic rings. The van der Waals surface area contributed by atoms with Crippen LogP contribution in [0.5, 0.6) is 0 Å². The third-order valence-electron chi connectivity index (χ3n) is 3.61. The molecule has 0 heterocycles. The van der Waals surface area contributed by atoms with Crippen molar-refractivity contribution < 1.29 is 4.79 Å². The predicted octanol–water partition coefficient (Wildman–Crippen LogP) is 4.87. The molecule has 0 spiro atoms. The van der Waals surface area contributed by atoms with E-state index in [-0.39, 0.29) is 27.6 Å². The van der Waals surface area contributed by atoms with Crippen molar-refractivity contribution in [2.45, 2.75) is 13.8 Å². The Morgan fingerprint density at radius 3 is 2.37 bits per heavy atom. The number of rotatable bonds is 3. The van der Waals surface area contributed by atoms with Gasteiger partial charge in [0.05, 0.1) is 5.92 Å². The molecule has 0 bridgehead atoms. The van der Waals surface area contributed by atoms with Crippen LogP contribution in [-0.4, -0.2) is 5.91 Å². The first-order valence-electron chi connectivity index (χ1n) is 5.91. The summed E-state index contributed by atoms with van der Waals surface area (Å²) in [6.45, 7) is 4.05. The van der Waals surface area contributed by atoms with Crippen LogP contribution in [0.2, 0.25) is 5.02 Å². The Morgan fingerprint density at radius 2 is 1.84 bits per heavy atom. The molecule has 5 heteroatoms. The second-order valence-electron chi connectivity index (χ2n) is 5.28. The Bertz CT molecular complexity index is 518. The number of amides is 1. The molecule has 2 nitrogen and oxygen atoms in total. The van der Waals surface area contributed by atoms with Crippen molar-refractivity contribution in [3.63, 3.8) is 0 Å². The second-order valence-corrected chi connectivity index (χ2v) is 6.72. The molecule has 1 aliphatic carbocycles.